The van der Waals surface area contributed by atoms with Crippen molar-refractivity contribution in [3.63, 3.8) is 0 Å². The molecule has 0 unspecified atom stereocenters. The summed E-state index contributed by atoms with van der Waals surface area (Å²) >= 11 is 3.47. The molecule has 0 spiro atoms. The van der Waals surface area contributed by atoms with E-state index >= 15 is 0 Å². The van der Waals surface area contributed by atoms with E-state index in [1.54, 1.807) is 0 Å². The van der Waals surface area contributed by atoms with Gasteiger partial charge >= 0.3 is 0 Å². The average molecular weight is 354 g/mol. The van der Waals surface area contributed by atoms with Crippen LogP contribution in [0.5, 0.6) is 0 Å². The first-order valence-corrected chi connectivity index (χ1v) is 7.80. The average Bonchev–Trinajstić information content (AvgIpc) is 2.57. The topological polar surface area (TPSA) is 27.3 Å². The molecule has 110 valence electrons. The number of nitrogens with one attached hydrogen (secondary N) is 2. The molecule has 3 aromatic rings. The quantitative estimate of drug-likeness (QED) is 0.608. The maximum absolute atomic E-state index is 3.47. The molecular formula is C18H16BrN3. The summed E-state index contributed by atoms with van der Waals surface area (Å²) in [7, 11) is 0. The summed E-state index contributed by atoms with van der Waals surface area (Å²) in [5.74, 6) is 0. The number of rotatable bonds is 5. The third-order valence-electron chi connectivity index (χ3n) is 3.11. The van der Waals surface area contributed by atoms with Crippen LogP contribution in [0.1, 0.15) is 0 Å². The van der Waals surface area contributed by atoms with Crippen LogP contribution in [0.15, 0.2) is 89.4 Å². The van der Waals surface area contributed by atoms with Crippen molar-refractivity contribution in [2.24, 2.45) is 0 Å². The van der Waals surface area contributed by atoms with Crippen molar-refractivity contribution in [3.8, 4) is 0 Å². The number of hydrogen-bond acceptors (Lipinski definition) is 3. The highest BCUT2D eigenvalue weighted by atomic mass is 79.9. The fraction of sp³-hybridized carbons (Fsp3) is 0. The standard InChI is InChI=1S/C18H16BrN3/c19-15-11-13-18(14-12-15)22(20-16-7-3-1-4-8-16)21-17-9-5-2-6-10-17/h1-14,20-21H. The van der Waals surface area contributed by atoms with Crippen LogP contribution in [0.25, 0.3) is 0 Å². The summed E-state index contributed by atoms with van der Waals surface area (Å²) in [5, 5.41) is 1.90. The Morgan fingerprint density at radius 2 is 1.05 bits per heavy atom. The van der Waals surface area contributed by atoms with Crippen LogP contribution in [0.2, 0.25) is 0 Å². The smallest absolute Gasteiger partial charge is 0.0812 e. The molecule has 0 aliphatic carbocycles. The molecule has 0 aromatic heterocycles. The maximum Gasteiger partial charge on any atom is 0.0812 e. The van der Waals surface area contributed by atoms with E-state index in [0.717, 1.165) is 21.5 Å². The van der Waals surface area contributed by atoms with E-state index in [1.807, 2.05) is 90.0 Å². The molecule has 3 nitrogen and oxygen atoms in total. The van der Waals surface area contributed by atoms with Gasteiger partial charge in [-0.1, -0.05) is 52.3 Å². The summed E-state index contributed by atoms with van der Waals surface area (Å²) in [4.78, 5) is 0. The lowest BCUT2D eigenvalue weighted by atomic mass is 10.3. The molecule has 0 radical (unpaired) electrons. The van der Waals surface area contributed by atoms with Crippen LogP contribution in [0.4, 0.5) is 17.1 Å². The van der Waals surface area contributed by atoms with Gasteiger partial charge < -0.3 is 0 Å². The normalized spacial score (nSPS) is 10.0. The molecule has 0 amide bonds. The summed E-state index contributed by atoms with van der Waals surface area (Å²) < 4.78 is 1.05. The van der Waals surface area contributed by atoms with Crippen molar-refractivity contribution in [1.82, 2.24) is 0 Å². The van der Waals surface area contributed by atoms with Gasteiger partial charge in [0, 0.05) is 4.47 Å². The molecule has 0 atom stereocenters. The molecule has 0 fully saturated rings. The zero-order valence-corrected chi connectivity index (χ0v) is 13.5. The third kappa shape index (κ3) is 3.80. The van der Waals surface area contributed by atoms with Gasteiger partial charge in [-0.15, -0.1) is 0 Å². The van der Waals surface area contributed by atoms with E-state index < -0.39 is 0 Å². The largest absolute Gasteiger partial charge is 0.280 e. The Morgan fingerprint density at radius 3 is 1.50 bits per heavy atom. The number of hydrogen-bond donors (Lipinski definition) is 2. The number of anilines is 3. The number of para-hydroxylation sites is 2. The van der Waals surface area contributed by atoms with Crippen LogP contribution < -0.4 is 16.0 Å². The summed E-state index contributed by atoms with van der Waals surface area (Å²) in [6.07, 6.45) is 0. The van der Waals surface area contributed by atoms with Crippen molar-refractivity contribution in [1.29, 1.82) is 0 Å². The molecule has 0 heterocycles. The minimum atomic E-state index is 1.01. The first-order valence-electron chi connectivity index (χ1n) is 7.00. The molecule has 0 saturated carbocycles. The SMILES string of the molecule is Brc1ccc(N(Nc2ccccc2)Nc2ccccc2)cc1. The van der Waals surface area contributed by atoms with Gasteiger partial charge in [-0.2, -0.15) is 5.12 Å². The van der Waals surface area contributed by atoms with Crippen LogP contribution in [0, 0.1) is 0 Å². The van der Waals surface area contributed by atoms with Gasteiger partial charge in [-0.25, -0.2) is 0 Å². The number of hydrazine groups is 2. The Hall–Kier alpha value is -2.46. The maximum atomic E-state index is 3.47. The second-order valence-corrected chi connectivity index (χ2v) is 5.68. The van der Waals surface area contributed by atoms with Gasteiger partial charge in [0.1, 0.15) is 0 Å². The van der Waals surface area contributed by atoms with E-state index in [0.29, 0.717) is 0 Å². The number of nitrogens with zero attached hydrogens (tertiary/aromatic N) is 1. The van der Waals surface area contributed by atoms with E-state index in [2.05, 4.69) is 26.8 Å². The lowest BCUT2D eigenvalue weighted by molar-refractivity contribution is 1.06. The molecular weight excluding hydrogens is 338 g/mol. The molecule has 2 N–H and O–H groups in total. The summed E-state index contributed by atoms with van der Waals surface area (Å²) in [5.41, 5.74) is 9.77. The second-order valence-electron chi connectivity index (χ2n) is 4.77. The molecule has 0 aliphatic rings. The van der Waals surface area contributed by atoms with Gasteiger partial charge in [0.25, 0.3) is 0 Å². The Balaban J connectivity index is 1.86. The van der Waals surface area contributed by atoms with Crippen molar-refractivity contribution in [2.45, 2.75) is 0 Å². The number of halogens is 1. The highest BCUT2D eigenvalue weighted by Gasteiger charge is 2.06. The zero-order valence-electron chi connectivity index (χ0n) is 11.9. The third-order valence-corrected chi connectivity index (χ3v) is 3.64. The predicted octanol–water partition coefficient (Wildman–Crippen LogP) is 5.31. The van der Waals surface area contributed by atoms with Crippen molar-refractivity contribution < 1.29 is 0 Å². The fourth-order valence-electron chi connectivity index (χ4n) is 2.03. The molecule has 22 heavy (non-hydrogen) atoms. The van der Waals surface area contributed by atoms with E-state index in [1.165, 1.54) is 0 Å². The predicted molar refractivity (Wildman–Crippen MR) is 96.8 cm³/mol. The molecule has 0 saturated heterocycles. The zero-order chi connectivity index (χ0) is 15.2. The Morgan fingerprint density at radius 1 is 0.591 bits per heavy atom. The summed E-state index contributed by atoms with van der Waals surface area (Å²) in [6, 6.07) is 28.2. The van der Waals surface area contributed by atoms with Crippen LogP contribution in [0.3, 0.4) is 0 Å². The fourth-order valence-corrected chi connectivity index (χ4v) is 2.30. The summed E-state index contributed by atoms with van der Waals surface area (Å²) in [6.45, 7) is 0. The van der Waals surface area contributed by atoms with Gasteiger partial charge in [-0.05, 0) is 48.5 Å². The minimum Gasteiger partial charge on any atom is -0.280 e. The van der Waals surface area contributed by atoms with E-state index in [9.17, 15) is 0 Å². The highest BCUT2D eigenvalue weighted by Crippen LogP contribution is 2.21. The first kappa shape index (κ1) is 14.5. The van der Waals surface area contributed by atoms with Crippen molar-refractivity contribution in [3.05, 3.63) is 89.4 Å². The lowest BCUT2D eigenvalue weighted by Crippen LogP contribution is -2.35. The van der Waals surface area contributed by atoms with Crippen molar-refractivity contribution >= 4 is 33.0 Å². The van der Waals surface area contributed by atoms with Gasteiger partial charge in [0.05, 0.1) is 17.1 Å². The van der Waals surface area contributed by atoms with Crippen LogP contribution in [-0.2, 0) is 0 Å². The van der Waals surface area contributed by atoms with Crippen LogP contribution in [-0.4, -0.2) is 0 Å². The highest BCUT2D eigenvalue weighted by molar-refractivity contribution is 9.10. The molecule has 4 heteroatoms. The Kier molecular flexibility index (Phi) is 4.61. The molecule has 3 aromatic carbocycles. The molecule has 3 rings (SSSR count). The Bertz CT molecular complexity index is 658. The lowest BCUT2D eigenvalue weighted by Gasteiger charge is -2.27. The van der Waals surface area contributed by atoms with Gasteiger partial charge in [0.15, 0.2) is 0 Å². The molecule has 0 aliphatic heterocycles. The minimum absolute atomic E-state index is 1.01. The Labute approximate surface area is 138 Å². The first-order chi connectivity index (χ1) is 10.8. The van der Waals surface area contributed by atoms with E-state index in [-0.39, 0.29) is 0 Å². The number of benzene rings is 3. The van der Waals surface area contributed by atoms with Gasteiger partial charge in [-0.3, -0.25) is 10.9 Å². The van der Waals surface area contributed by atoms with E-state index in [4.69, 9.17) is 0 Å². The molecule has 0 bridgehead atoms. The van der Waals surface area contributed by atoms with Crippen LogP contribution >= 0.6 is 15.9 Å². The van der Waals surface area contributed by atoms with Gasteiger partial charge in [0.2, 0.25) is 0 Å². The van der Waals surface area contributed by atoms with Crippen molar-refractivity contribution in [2.75, 3.05) is 16.0 Å². The second kappa shape index (κ2) is 7.00. The monoisotopic (exact) mass is 353 g/mol.